The largest absolute Gasteiger partial charge is 0.491 e. The lowest BCUT2D eigenvalue weighted by Gasteiger charge is -2.16. The number of hydrogen-bond donors (Lipinski definition) is 2. The Labute approximate surface area is 173 Å². The summed E-state index contributed by atoms with van der Waals surface area (Å²) in [5.41, 5.74) is 1.62. The Bertz CT molecular complexity index is 930. The van der Waals surface area contributed by atoms with E-state index in [1.807, 2.05) is 18.2 Å². The molecule has 0 spiro atoms. The number of aliphatic hydroxyl groups excluding tert-OH is 1. The normalized spacial score (nSPS) is 11.7. The van der Waals surface area contributed by atoms with Gasteiger partial charge in [0.15, 0.2) is 5.78 Å². The van der Waals surface area contributed by atoms with Crippen LogP contribution in [0, 0.1) is 0 Å². The van der Waals surface area contributed by atoms with Crippen molar-refractivity contribution < 1.29 is 14.6 Å². The van der Waals surface area contributed by atoms with Crippen molar-refractivity contribution in [2.45, 2.75) is 6.10 Å². The van der Waals surface area contributed by atoms with Crippen LogP contribution in [0.1, 0.15) is 15.9 Å². The third kappa shape index (κ3) is 5.49. The number of aliphatic hydroxyl groups is 1. The number of hydrogen-bond acceptors (Lipinski definition) is 4. The summed E-state index contributed by atoms with van der Waals surface area (Å²) in [5.74, 6) is 0.479. The molecule has 0 heterocycles. The summed E-state index contributed by atoms with van der Waals surface area (Å²) in [5, 5.41) is 14.4. The van der Waals surface area contributed by atoms with Crippen LogP contribution < -0.4 is 10.1 Å². The van der Waals surface area contributed by atoms with E-state index < -0.39 is 6.10 Å². The predicted octanol–water partition coefficient (Wildman–Crippen LogP) is 5.08. The molecule has 0 fully saturated rings. The van der Waals surface area contributed by atoms with Gasteiger partial charge in [-0.05, 0) is 42.5 Å². The molecule has 6 heteroatoms. The zero-order valence-corrected chi connectivity index (χ0v) is 16.5. The molecular weight excluding hydrogens is 397 g/mol. The molecule has 144 valence electrons. The van der Waals surface area contributed by atoms with Crippen LogP contribution in [0.5, 0.6) is 5.75 Å². The van der Waals surface area contributed by atoms with E-state index in [0.717, 1.165) is 0 Å². The molecule has 0 bridgehead atoms. The fourth-order valence-corrected chi connectivity index (χ4v) is 2.91. The Kier molecular flexibility index (Phi) is 6.93. The topological polar surface area (TPSA) is 58.6 Å². The SMILES string of the molecule is O=C(c1ccccc1)c1cc(Cl)ccc1NC[C@H](O)COc1ccc(Cl)cc1. The van der Waals surface area contributed by atoms with Crippen LogP contribution in [-0.2, 0) is 0 Å². The average Bonchev–Trinajstić information content (AvgIpc) is 2.72. The van der Waals surface area contributed by atoms with Crippen LogP contribution in [0.25, 0.3) is 0 Å². The number of ketones is 1. The molecule has 0 saturated heterocycles. The molecule has 3 rings (SSSR count). The van der Waals surface area contributed by atoms with E-state index in [1.165, 1.54) is 0 Å². The van der Waals surface area contributed by atoms with Crippen molar-refractivity contribution in [1.82, 2.24) is 0 Å². The third-order valence-corrected chi connectivity index (χ3v) is 4.53. The summed E-state index contributed by atoms with van der Waals surface area (Å²) in [7, 11) is 0. The van der Waals surface area contributed by atoms with Crippen molar-refractivity contribution in [2.24, 2.45) is 0 Å². The second-order valence-corrected chi connectivity index (χ2v) is 7.06. The van der Waals surface area contributed by atoms with E-state index in [2.05, 4.69) is 5.32 Å². The zero-order valence-electron chi connectivity index (χ0n) is 14.9. The first kappa shape index (κ1) is 20.2. The van der Waals surface area contributed by atoms with Gasteiger partial charge in [-0.15, -0.1) is 0 Å². The van der Waals surface area contributed by atoms with Gasteiger partial charge in [-0.2, -0.15) is 0 Å². The third-order valence-electron chi connectivity index (χ3n) is 4.05. The second-order valence-electron chi connectivity index (χ2n) is 6.18. The summed E-state index contributed by atoms with van der Waals surface area (Å²) in [4.78, 5) is 12.8. The maximum absolute atomic E-state index is 12.8. The van der Waals surface area contributed by atoms with Crippen LogP contribution in [0.3, 0.4) is 0 Å². The average molecular weight is 416 g/mol. The molecular formula is C22H19Cl2NO3. The van der Waals surface area contributed by atoms with Crippen molar-refractivity contribution in [1.29, 1.82) is 0 Å². The van der Waals surface area contributed by atoms with Gasteiger partial charge in [0.05, 0.1) is 0 Å². The minimum atomic E-state index is -0.772. The van der Waals surface area contributed by atoms with Gasteiger partial charge >= 0.3 is 0 Å². The Morgan fingerprint density at radius 3 is 2.36 bits per heavy atom. The summed E-state index contributed by atoms with van der Waals surface area (Å²) in [6.07, 6.45) is -0.772. The van der Waals surface area contributed by atoms with Gasteiger partial charge < -0.3 is 15.2 Å². The number of halogens is 2. The molecule has 3 aromatic carbocycles. The number of anilines is 1. The van der Waals surface area contributed by atoms with Gasteiger partial charge in [0, 0.05) is 33.4 Å². The molecule has 3 aromatic rings. The second kappa shape index (κ2) is 9.60. The lowest BCUT2D eigenvalue weighted by molar-refractivity contribution is 0.103. The standard InChI is InChI=1S/C22H19Cl2NO3/c23-16-6-9-19(10-7-16)28-14-18(26)13-25-21-11-8-17(24)12-20(21)22(27)15-4-2-1-3-5-15/h1-12,18,25-26H,13-14H2/t18-/m0/s1. The molecule has 0 aliphatic carbocycles. The monoisotopic (exact) mass is 415 g/mol. The van der Waals surface area contributed by atoms with Crippen molar-refractivity contribution in [3.8, 4) is 5.75 Å². The van der Waals surface area contributed by atoms with Crippen molar-refractivity contribution in [3.05, 3.63) is 94.0 Å². The van der Waals surface area contributed by atoms with Crippen LogP contribution in [0.4, 0.5) is 5.69 Å². The molecule has 28 heavy (non-hydrogen) atoms. The molecule has 0 aliphatic heterocycles. The van der Waals surface area contributed by atoms with E-state index in [1.54, 1.807) is 54.6 Å². The number of nitrogens with one attached hydrogen (secondary N) is 1. The first-order valence-corrected chi connectivity index (χ1v) is 9.48. The Balaban J connectivity index is 1.63. The van der Waals surface area contributed by atoms with Crippen LogP contribution in [0.15, 0.2) is 72.8 Å². The first-order valence-electron chi connectivity index (χ1n) is 8.72. The highest BCUT2D eigenvalue weighted by molar-refractivity contribution is 6.31. The summed E-state index contributed by atoms with van der Waals surface area (Å²) >= 11 is 11.9. The molecule has 0 amide bonds. The number of carbonyl (C=O) groups excluding carboxylic acids is 1. The van der Waals surface area contributed by atoms with Crippen molar-refractivity contribution in [3.63, 3.8) is 0 Å². The molecule has 2 N–H and O–H groups in total. The first-order chi connectivity index (χ1) is 13.5. The van der Waals surface area contributed by atoms with Gasteiger partial charge in [-0.25, -0.2) is 0 Å². The van der Waals surface area contributed by atoms with E-state index in [-0.39, 0.29) is 18.9 Å². The maximum atomic E-state index is 12.8. The predicted molar refractivity (Wildman–Crippen MR) is 113 cm³/mol. The minimum Gasteiger partial charge on any atom is -0.491 e. The highest BCUT2D eigenvalue weighted by Gasteiger charge is 2.15. The number of rotatable bonds is 8. The summed E-state index contributed by atoms with van der Waals surface area (Å²) in [6.45, 7) is 0.314. The number of ether oxygens (including phenoxy) is 1. The van der Waals surface area contributed by atoms with Gasteiger partial charge in [-0.3, -0.25) is 4.79 Å². The fraction of sp³-hybridized carbons (Fsp3) is 0.136. The van der Waals surface area contributed by atoms with Crippen LogP contribution in [0.2, 0.25) is 10.0 Å². The van der Waals surface area contributed by atoms with Crippen molar-refractivity contribution in [2.75, 3.05) is 18.5 Å². The molecule has 0 radical (unpaired) electrons. The Morgan fingerprint density at radius 1 is 0.964 bits per heavy atom. The van der Waals surface area contributed by atoms with E-state index in [9.17, 15) is 9.90 Å². The van der Waals surface area contributed by atoms with E-state index in [4.69, 9.17) is 27.9 Å². The molecule has 0 unspecified atom stereocenters. The highest BCUT2D eigenvalue weighted by atomic mass is 35.5. The molecule has 4 nitrogen and oxygen atoms in total. The smallest absolute Gasteiger partial charge is 0.195 e. The highest BCUT2D eigenvalue weighted by Crippen LogP contribution is 2.24. The zero-order chi connectivity index (χ0) is 19.9. The van der Waals surface area contributed by atoms with E-state index >= 15 is 0 Å². The maximum Gasteiger partial charge on any atom is 0.195 e. The van der Waals surface area contributed by atoms with Crippen molar-refractivity contribution >= 4 is 34.7 Å². The lowest BCUT2D eigenvalue weighted by atomic mass is 10.0. The molecule has 0 aromatic heterocycles. The van der Waals surface area contributed by atoms with Gasteiger partial charge in [-0.1, -0.05) is 53.5 Å². The molecule has 1 atom stereocenters. The Morgan fingerprint density at radius 2 is 1.64 bits per heavy atom. The quantitative estimate of drug-likeness (QED) is 0.503. The van der Waals surface area contributed by atoms with Crippen LogP contribution in [-0.4, -0.2) is 30.1 Å². The lowest BCUT2D eigenvalue weighted by Crippen LogP contribution is -2.27. The van der Waals surface area contributed by atoms with E-state index in [0.29, 0.717) is 32.6 Å². The number of carbonyl (C=O) groups is 1. The van der Waals surface area contributed by atoms with Gasteiger partial charge in [0.25, 0.3) is 0 Å². The molecule has 0 aliphatic rings. The number of benzene rings is 3. The van der Waals surface area contributed by atoms with Gasteiger partial charge in [0.2, 0.25) is 0 Å². The Hall–Kier alpha value is -2.53. The molecule has 0 saturated carbocycles. The fourth-order valence-electron chi connectivity index (χ4n) is 2.61. The summed E-state index contributed by atoms with van der Waals surface area (Å²) < 4.78 is 5.54. The van der Waals surface area contributed by atoms with Gasteiger partial charge in [0.1, 0.15) is 18.5 Å². The van der Waals surface area contributed by atoms with Crippen LogP contribution >= 0.6 is 23.2 Å². The summed E-state index contributed by atoms with van der Waals surface area (Å²) in [6, 6.07) is 20.9. The minimum absolute atomic E-state index is 0.101.